The van der Waals surface area contributed by atoms with E-state index in [0.717, 1.165) is 0 Å². The number of hydrogen-bond acceptors (Lipinski definition) is 9. The van der Waals surface area contributed by atoms with Crippen molar-refractivity contribution in [3.63, 3.8) is 0 Å². The summed E-state index contributed by atoms with van der Waals surface area (Å²) < 4.78 is 11.0. The smallest absolute Gasteiger partial charge is 0.308 e. The molecule has 0 amide bonds. The Morgan fingerprint density at radius 1 is 0.902 bits per heavy atom. The van der Waals surface area contributed by atoms with Gasteiger partial charge in [0.2, 0.25) is 0 Å². The molecule has 41 heavy (non-hydrogen) atoms. The summed E-state index contributed by atoms with van der Waals surface area (Å²) in [5.74, 6) is -0.969. The molecule has 10 heteroatoms. The fourth-order valence-corrected chi connectivity index (χ4v) is 6.66. The van der Waals surface area contributed by atoms with Crippen molar-refractivity contribution in [2.45, 2.75) is 95.8 Å². The molecule has 2 unspecified atom stereocenters. The minimum Gasteiger partial charge on any atom is -0.465 e. The predicted octanol–water partition coefficient (Wildman–Crippen LogP) is 7.69. The number of Topliss-reactive ketones (excluding diaryl/α,β-unsaturated/α-hetero) is 2. The van der Waals surface area contributed by atoms with Crippen molar-refractivity contribution in [1.29, 1.82) is 5.26 Å². The van der Waals surface area contributed by atoms with E-state index >= 15 is 0 Å². The molecule has 1 aromatic carbocycles. The first-order valence-electron chi connectivity index (χ1n) is 14.0. The lowest BCUT2D eigenvalue weighted by Gasteiger charge is -2.14. The Morgan fingerprint density at radius 3 is 1.90 bits per heavy atom. The number of allylic oxidation sites excluding steroid dienone is 1. The molecule has 0 spiro atoms. The van der Waals surface area contributed by atoms with E-state index in [4.69, 9.17) is 16.0 Å². The van der Waals surface area contributed by atoms with Gasteiger partial charge < -0.3 is 9.47 Å². The summed E-state index contributed by atoms with van der Waals surface area (Å²) in [5, 5.41) is 9.43. The Bertz CT molecular complexity index is 1260. The van der Waals surface area contributed by atoms with E-state index in [0.29, 0.717) is 69.2 Å². The molecule has 1 aliphatic heterocycles. The van der Waals surface area contributed by atoms with Crippen molar-refractivity contribution in [3.8, 4) is 6.07 Å². The second-order valence-electron chi connectivity index (χ2n) is 10.1. The highest BCUT2D eigenvalue weighted by atomic mass is 32.2. The molecular formula is C31H38N2O6S2. The van der Waals surface area contributed by atoms with Gasteiger partial charge in [0.1, 0.15) is 0 Å². The van der Waals surface area contributed by atoms with Crippen molar-refractivity contribution < 1.29 is 28.7 Å². The third kappa shape index (κ3) is 9.48. The van der Waals surface area contributed by atoms with Crippen LogP contribution in [0, 0.1) is 36.7 Å². The van der Waals surface area contributed by atoms with Crippen molar-refractivity contribution in [2.75, 3.05) is 13.2 Å². The van der Waals surface area contributed by atoms with Gasteiger partial charge in [-0.05, 0) is 57.1 Å². The van der Waals surface area contributed by atoms with E-state index in [1.54, 1.807) is 13.0 Å². The molecular weight excluding hydrogens is 560 g/mol. The average molecular weight is 599 g/mol. The van der Waals surface area contributed by atoms with E-state index < -0.39 is 0 Å². The number of nitrogens with zero attached hydrogens (tertiary/aromatic N) is 2. The monoisotopic (exact) mass is 598 g/mol. The largest absolute Gasteiger partial charge is 0.465 e. The van der Waals surface area contributed by atoms with Crippen LogP contribution in [0.5, 0.6) is 0 Å². The molecule has 220 valence electrons. The Balaban J connectivity index is 2.15. The molecule has 2 rings (SSSR count). The number of nitriles is 1. The van der Waals surface area contributed by atoms with Crippen LogP contribution >= 0.6 is 23.5 Å². The van der Waals surface area contributed by atoms with Crippen LogP contribution in [0.1, 0.15) is 105 Å². The zero-order chi connectivity index (χ0) is 30.5. The van der Waals surface area contributed by atoms with Gasteiger partial charge >= 0.3 is 11.9 Å². The highest BCUT2D eigenvalue weighted by Crippen LogP contribution is 2.56. The van der Waals surface area contributed by atoms with E-state index in [9.17, 15) is 24.4 Å². The number of carbonyl (C=O) groups excluding carboxylic acids is 4. The number of carbonyl (C=O) groups is 4. The van der Waals surface area contributed by atoms with Crippen LogP contribution in [0.2, 0.25) is 0 Å². The molecule has 0 aliphatic carbocycles. The van der Waals surface area contributed by atoms with Gasteiger partial charge in [-0.3, -0.25) is 19.2 Å². The second-order valence-corrected chi connectivity index (χ2v) is 12.4. The van der Waals surface area contributed by atoms with E-state index in [1.165, 1.54) is 23.5 Å². The molecule has 2 atom stereocenters. The zero-order valence-electron chi connectivity index (χ0n) is 24.5. The maximum absolute atomic E-state index is 13.3. The predicted molar refractivity (Wildman–Crippen MR) is 159 cm³/mol. The second kappa shape index (κ2) is 17.0. The zero-order valence-corrected chi connectivity index (χ0v) is 26.1. The molecule has 0 bridgehead atoms. The number of hydrogen-bond donors (Lipinski definition) is 0. The van der Waals surface area contributed by atoms with Crippen LogP contribution in [-0.4, -0.2) is 36.7 Å². The van der Waals surface area contributed by atoms with E-state index in [1.807, 2.05) is 33.8 Å². The SMILES string of the molecule is [C-]#[N+]/C(C#N)=C1\Sc2c(C(=O)CCCCOC(=O)C(C)CC)cc(C)c(C(=O)CCCCOC(=O)C(C)CC)c2S1. The molecule has 1 heterocycles. The third-order valence-electron chi connectivity index (χ3n) is 6.93. The standard InChI is InChI=1S/C31H38N2O6S2/c1-7-19(3)29(36)38-15-11-9-13-24(34)22-17-21(5)26(28-27(22)40-31(41-28)23(18-32)33-6)25(35)14-10-12-16-39-30(37)20(4)8-2/h17,19-20H,7-16H2,1-5H3/b31-23+. The summed E-state index contributed by atoms with van der Waals surface area (Å²) in [6.07, 6.45) is 4.10. The van der Waals surface area contributed by atoms with Gasteiger partial charge in [-0.2, -0.15) is 0 Å². The number of fused-ring (bicyclic) bond motifs is 1. The highest BCUT2D eigenvalue weighted by Gasteiger charge is 2.32. The van der Waals surface area contributed by atoms with Crippen molar-refractivity contribution in [1.82, 2.24) is 0 Å². The first kappa shape index (κ1) is 34.1. The lowest BCUT2D eigenvalue weighted by Crippen LogP contribution is -2.15. The Hall–Kier alpha value is -3.08. The number of ether oxygens (including phenoxy) is 2. The van der Waals surface area contributed by atoms with Crippen LogP contribution in [0.3, 0.4) is 0 Å². The van der Waals surface area contributed by atoms with Gasteiger partial charge in [0.05, 0.1) is 41.9 Å². The number of unbranched alkanes of at least 4 members (excludes halogenated alkanes) is 2. The molecule has 0 N–H and O–H groups in total. The van der Waals surface area contributed by atoms with E-state index in [-0.39, 0.29) is 67.1 Å². The Kier molecular flexibility index (Phi) is 14.2. The van der Waals surface area contributed by atoms with Crippen molar-refractivity contribution in [3.05, 3.63) is 44.1 Å². The van der Waals surface area contributed by atoms with Crippen LogP contribution in [0.4, 0.5) is 0 Å². The van der Waals surface area contributed by atoms with Crippen LogP contribution < -0.4 is 0 Å². The lowest BCUT2D eigenvalue weighted by atomic mass is 9.95. The molecule has 1 aliphatic rings. The maximum Gasteiger partial charge on any atom is 0.308 e. The van der Waals surface area contributed by atoms with Gasteiger partial charge in [0.25, 0.3) is 5.70 Å². The summed E-state index contributed by atoms with van der Waals surface area (Å²) in [6, 6.07) is 3.64. The van der Waals surface area contributed by atoms with E-state index in [2.05, 4.69) is 4.85 Å². The fraction of sp³-hybridized carbons (Fsp3) is 0.548. The van der Waals surface area contributed by atoms with Crippen LogP contribution in [0.25, 0.3) is 4.85 Å². The number of thioether (sulfide) groups is 2. The summed E-state index contributed by atoms with van der Waals surface area (Å²) in [4.78, 5) is 54.9. The number of rotatable bonds is 16. The van der Waals surface area contributed by atoms with Crippen LogP contribution in [0.15, 0.2) is 25.8 Å². The molecule has 0 radical (unpaired) electrons. The van der Waals surface area contributed by atoms with Crippen LogP contribution in [-0.2, 0) is 19.1 Å². The normalized spacial score (nSPS) is 14.7. The summed E-state index contributed by atoms with van der Waals surface area (Å²) in [6.45, 7) is 17.1. The van der Waals surface area contributed by atoms with Gasteiger partial charge in [-0.25, -0.2) is 10.1 Å². The lowest BCUT2D eigenvalue weighted by molar-refractivity contribution is -0.149. The summed E-state index contributed by atoms with van der Waals surface area (Å²) >= 11 is 2.38. The van der Waals surface area contributed by atoms with Crippen molar-refractivity contribution in [2.24, 2.45) is 11.8 Å². The summed E-state index contributed by atoms with van der Waals surface area (Å²) in [5.41, 5.74) is 1.56. The first-order chi connectivity index (χ1) is 19.6. The first-order valence-corrected chi connectivity index (χ1v) is 15.7. The number of benzene rings is 1. The molecule has 0 saturated carbocycles. The molecule has 0 aromatic heterocycles. The minimum atomic E-state index is -0.236. The average Bonchev–Trinajstić information content (AvgIpc) is 3.39. The van der Waals surface area contributed by atoms with Gasteiger partial charge in [0.15, 0.2) is 11.6 Å². The molecule has 1 aromatic rings. The third-order valence-corrected chi connectivity index (χ3v) is 9.55. The van der Waals surface area contributed by atoms with Crippen molar-refractivity contribution >= 4 is 47.0 Å². The van der Waals surface area contributed by atoms with Gasteiger partial charge in [-0.15, -0.1) is 0 Å². The van der Waals surface area contributed by atoms with Gasteiger partial charge in [0, 0.05) is 33.8 Å². The highest BCUT2D eigenvalue weighted by molar-refractivity contribution is 8.24. The molecule has 0 fully saturated rings. The Morgan fingerprint density at radius 2 is 1.41 bits per heavy atom. The molecule has 8 nitrogen and oxygen atoms in total. The number of ketones is 2. The minimum absolute atomic E-state index is 0.0723. The molecule has 0 saturated heterocycles. The number of esters is 2. The van der Waals surface area contributed by atoms with Gasteiger partial charge in [-0.1, -0.05) is 51.2 Å². The quantitative estimate of drug-likeness (QED) is 0.0621. The summed E-state index contributed by atoms with van der Waals surface area (Å²) in [7, 11) is 0. The topological polar surface area (TPSA) is 115 Å². The fourth-order valence-electron chi connectivity index (χ4n) is 3.94. The Labute approximate surface area is 251 Å². The maximum atomic E-state index is 13.3. The number of aryl methyl sites for hydroxylation is 1.